The first kappa shape index (κ1) is 16.5. The number of benzene rings is 2. The van der Waals surface area contributed by atoms with Crippen LogP contribution < -0.4 is 9.47 Å². The third kappa shape index (κ3) is 4.57. The van der Waals surface area contributed by atoms with Gasteiger partial charge in [0.05, 0.1) is 5.56 Å². The number of hydrogen-bond acceptors (Lipinski definition) is 5. The largest absolute Gasteiger partial charge is 0.436 e. The summed E-state index contributed by atoms with van der Waals surface area (Å²) in [6, 6.07) is 14.6. The molecule has 0 spiro atoms. The third-order valence-corrected chi connectivity index (χ3v) is 2.95. The minimum absolute atomic E-state index is 0.234. The number of hydrogen-bond donors (Lipinski definition) is 0. The van der Waals surface area contributed by atoms with Gasteiger partial charge in [-0.3, -0.25) is 4.79 Å². The van der Waals surface area contributed by atoms with Crippen LogP contribution in [0.5, 0.6) is 11.5 Å². The van der Waals surface area contributed by atoms with Crippen LogP contribution in [0, 0.1) is 6.92 Å². The summed E-state index contributed by atoms with van der Waals surface area (Å²) in [5.74, 6) is 0.845. The summed E-state index contributed by atoms with van der Waals surface area (Å²) in [4.78, 5) is 16.4. The third-order valence-electron chi connectivity index (χ3n) is 2.95. The molecule has 0 atom stereocenters. The van der Waals surface area contributed by atoms with Crippen molar-refractivity contribution in [1.82, 2.24) is 0 Å². The molecule has 0 N–H and O–H groups in total. The van der Waals surface area contributed by atoms with Gasteiger partial charge in [0.1, 0.15) is 18.1 Å². The van der Waals surface area contributed by atoms with E-state index in [9.17, 15) is 4.79 Å². The zero-order chi connectivity index (χ0) is 16.7. The van der Waals surface area contributed by atoms with Crippen LogP contribution in [0.25, 0.3) is 0 Å². The van der Waals surface area contributed by atoms with Gasteiger partial charge in [-0.25, -0.2) is 0 Å². The molecule has 0 bridgehead atoms. The van der Waals surface area contributed by atoms with Gasteiger partial charge in [-0.1, -0.05) is 30.3 Å². The van der Waals surface area contributed by atoms with E-state index >= 15 is 0 Å². The highest BCUT2D eigenvalue weighted by Gasteiger charge is 2.16. The van der Waals surface area contributed by atoms with Crippen molar-refractivity contribution in [3.05, 3.63) is 59.7 Å². The van der Waals surface area contributed by atoms with Gasteiger partial charge in [-0.2, -0.15) is 0 Å². The van der Waals surface area contributed by atoms with Crippen molar-refractivity contribution in [2.45, 2.75) is 20.8 Å². The molecule has 0 aromatic heterocycles. The van der Waals surface area contributed by atoms with Crippen molar-refractivity contribution in [1.29, 1.82) is 0 Å². The Morgan fingerprint density at radius 1 is 1.00 bits per heavy atom. The van der Waals surface area contributed by atoms with Crippen LogP contribution in [0.2, 0.25) is 0 Å². The van der Waals surface area contributed by atoms with E-state index in [2.05, 4.69) is 5.16 Å². The van der Waals surface area contributed by atoms with Gasteiger partial charge in [0.25, 0.3) is 5.90 Å². The summed E-state index contributed by atoms with van der Waals surface area (Å²) in [5.41, 5.74) is 1.50. The van der Waals surface area contributed by atoms with E-state index in [1.165, 1.54) is 6.92 Å². The van der Waals surface area contributed by atoms with E-state index in [4.69, 9.17) is 14.3 Å². The topological polar surface area (TPSA) is 57.1 Å². The molecule has 5 nitrogen and oxygen atoms in total. The quantitative estimate of drug-likeness (QED) is 0.278. The van der Waals surface area contributed by atoms with Gasteiger partial charge < -0.3 is 14.3 Å². The molecular weight excluding hydrogens is 294 g/mol. The first-order chi connectivity index (χ1) is 11.1. The fourth-order valence-electron chi connectivity index (χ4n) is 1.91. The average Bonchev–Trinajstić information content (AvgIpc) is 2.53. The molecule has 0 heterocycles. The molecule has 0 fully saturated rings. The molecule has 0 aliphatic carbocycles. The Labute approximate surface area is 135 Å². The van der Waals surface area contributed by atoms with Crippen molar-refractivity contribution < 1.29 is 19.1 Å². The number of oxime groups is 1. The van der Waals surface area contributed by atoms with Crippen LogP contribution in [0.4, 0.5) is 0 Å². The number of nitrogens with zero attached hydrogens (tertiary/aromatic N) is 1. The second kappa shape index (κ2) is 7.98. The maximum Gasteiger partial charge on any atom is 0.308 e. The lowest BCUT2D eigenvalue weighted by Gasteiger charge is -2.13. The predicted octanol–water partition coefficient (Wildman–Crippen LogP) is 3.70. The molecule has 2 aromatic carbocycles. The second-order valence-electron chi connectivity index (χ2n) is 4.77. The van der Waals surface area contributed by atoms with E-state index in [1.54, 1.807) is 18.2 Å². The molecule has 0 aliphatic heterocycles. The lowest BCUT2D eigenvalue weighted by Crippen LogP contribution is -2.15. The van der Waals surface area contributed by atoms with Crippen LogP contribution in [-0.2, 0) is 9.63 Å². The van der Waals surface area contributed by atoms with Gasteiger partial charge in [-0.05, 0) is 42.8 Å². The number of carbonyl (C=O) groups excluding carboxylic acids is 1. The maximum atomic E-state index is 11.3. The van der Waals surface area contributed by atoms with Gasteiger partial charge >= 0.3 is 5.97 Å². The monoisotopic (exact) mass is 313 g/mol. The van der Waals surface area contributed by atoms with E-state index < -0.39 is 5.97 Å². The molecule has 0 aliphatic rings. The van der Waals surface area contributed by atoms with E-state index in [1.807, 2.05) is 44.2 Å². The highest BCUT2D eigenvalue weighted by Crippen LogP contribution is 2.23. The number of aryl methyl sites for hydroxylation is 1. The highest BCUT2D eigenvalue weighted by molar-refractivity contribution is 5.98. The van der Waals surface area contributed by atoms with Crippen LogP contribution in [0.15, 0.2) is 53.7 Å². The molecule has 0 radical (unpaired) electrons. The first-order valence-corrected chi connectivity index (χ1v) is 7.33. The first-order valence-electron chi connectivity index (χ1n) is 7.33. The Morgan fingerprint density at radius 3 is 2.30 bits per heavy atom. The van der Waals surface area contributed by atoms with E-state index in [0.29, 0.717) is 23.7 Å². The molecule has 0 saturated carbocycles. The minimum Gasteiger partial charge on any atom is -0.436 e. The SMILES string of the molecule is CCO/N=C(\Oc1ccccc1C)c1ccccc1OC(C)=O. The summed E-state index contributed by atoms with van der Waals surface area (Å²) in [6.07, 6.45) is 0. The minimum atomic E-state index is -0.413. The molecule has 120 valence electrons. The zero-order valence-corrected chi connectivity index (χ0v) is 13.4. The highest BCUT2D eigenvalue weighted by atomic mass is 16.6. The van der Waals surface area contributed by atoms with E-state index in [-0.39, 0.29) is 5.90 Å². The molecule has 2 aromatic rings. The van der Waals surface area contributed by atoms with Gasteiger partial charge in [0, 0.05) is 6.92 Å². The van der Waals surface area contributed by atoms with Crippen molar-refractivity contribution >= 4 is 11.9 Å². The van der Waals surface area contributed by atoms with Gasteiger partial charge in [0.2, 0.25) is 0 Å². The van der Waals surface area contributed by atoms with Crippen molar-refractivity contribution in [2.24, 2.45) is 5.16 Å². The summed E-state index contributed by atoms with van der Waals surface area (Å²) >= 11 is 0. The fourth-order valence-corrected chi connectivity index (χ4v) is 1.91. The standard InChI is InChI=1S/C18H19NO4/c1-4-21-19-18(23-16-11-7-5-9-13(16)2)15-10-6-8-12-17(15)22-14(3)20/h5-12H,4H2,1-3H3/b19-18-. The summed E-state index contributed by atoms with van der Waals surface area (Å²) in [6.45, 7) is 5.51. The molecule has 2 rings (SSSR count). The number of para-hydroxylation sites is 2. The average molecular weight is 313 g/mol. The van der Waals surface area contributed by atoms with Crippen LogP contribution in [0.3, 0.4) is 0 Å². The number of carbonyl (C=O) groups is 1. The summed E-state index contributed by atoms with van der Waals surface area (Å²) in [7, 11) is 0. The Bertz CT molecular complexity index is 710. The predicted molar refractivity (Wildman–Crippen MR) is 87.7 cm³/mol. The van der Waals surface area contributed by atoms with Crippen molar-refractivity contribution in [3.8, 4) is 11.5 Å². The Balaban J connectivity index is 2.40. The number of ether oxygens (including phenoxy) is 2. The normalized spacial score (nSPS) is 11.0. The molecule has 0 amide bonds. The number of esters is 1. The molecule has 23 heavy (non-hydrogen) atoms. The van der Waals surface area contributed by atoms with Crippen molar-refractivity contribution in [3.63, 3.8) is 0 Å². The molecule has 0 unspecified atom stereocenters. The Kier molecular flexibility index (Phi) is 5.74. The van der Waals surface area contributed by atoms with Gasteiger partial charge in [-0.15, -0.1) is 0 Å². The van der Waals surface area contributed by atoms with Crippen LogP contribution >= 0.6 is 0 Å². The molecular formula is C18H19NO4. The van der Waals surface area contributed by atoms with Crippen molar-refractivity contribution in [2.75, 3.05) is 6.61 Å². The Hall–Kier alpha value is -2.82. The van der Waals surface area contributed by atoms with Gasteiger partial charge in [0.15, 0.2) is 0 Å². The van der Waals surface area contributed by atoms with Crippen LogP contribution in [-0.4, -0.2) is 18.5 Å². The molecule has 5 heteroatoms. The van der Waals surface area contributed by atoms with Crippen LogP contribution in [0.1, 0.15) is 25.0 Å². The summed E-state index contributed by atoms with van der Waals surface area (Å²) in [5, 5.41) is 4.02. The van der Waals surface area contributed by atoms with E-state index in [0.717, 1.165) is 5.56 Å². The lowest BCUT2D eigenvalue weighted by molar-refractivity contribution is -0.131. The Morgan fingerprint density at radius 2 is 1.65 bits per heavy atom. The second-order valence-corrected chi connectivity index (χ2v) is 4.77. The fraction of sp³-hybridized carbons (Fsp3) is 0.222. The zero-order valence-electron chi connectivity index (χ0n) is 13.4. The molecule has 0 saturated heterocycles. The summed E-state index contributed by atoms with van der Waals surface area (Å²) < 4.78 is 11.1. The smallest absolute Gasteiger partial charge is 0.308 e. The maximum absolute atomic E-state index is 11.3. The number of rotatable bonds is 5. The lowest BCUT2D eigenvalue weighted by atomic mass is 10.2.